The summed E-state index contributed by atoms with van der Waals surface area (Å²) >= 11 is 0. The molecule has 0 amide bonds. The number of carbonyl (C=O) groups is 2. The summed E-state index contributed by atoms with van der Waals surface area (Å²) in [5.41, 5.74) is 4.94. The summed E-state index contributed by atoms with van der Waals surface area (Å²) < 4.78 is 6.33. The minimum absolute atomic E-state index is 0.867. The number of ether oxygens (including phenoxy) is 1. The minimum atomic E-state index is -1.82. The molecule has 2 heterocycles. The lowest BCUT2D eigenvalue weighted by molar-refractivity contribution is -0.159. The van der Waals surface area contributed by atoms with Crippen molar-refractivity contribution in [2.24, 2.45) is 0 Å². The third kappa shape index (κ3) is 7.30. The molecular weight excluding hydrogens is 496 g/mol. The molecule has 4 aromatic rings. The van der Waals surface area contributed by atoms with Gasteiger partial charge in [0, 0.05) is 75.7 Å². The summed E-state index contributed by atoms with van der Waals surface area (Å²) in [5.74, 6) is -1.86. The van der Waals surface area contributed by atoms with Crippen molar-refractivity contribution in [3.63, 3.8) is 0 Å². The van der Waals surface area contributed by atoms with Crippen LogP contribution in [-0.4, -0.2) is 78.9 Å². The van der Waals surface area contributed by atoms with Crippen LogP contribution in [0, 0.1) is 0 Å². The molecule has 9 nitrogen and oxygen atoms in total. The summed E-state index contributed by atoms with van der Waals surface area (Å²) in [6.07, 6.45) is 3.24. The Morgan fingerprint density at radius 2 is 1.59 bits per heavy atom. The average molecular weight is 531 g/mol. The van der Waals surface area contributed by atoms with E-state index in [0.29, 0.717) is 0 Å². The van der Waals surface area contributed by atoms with Crippen molar-refractivity contribution < 1.29 is 24.5 Å². The van der Waals surface area contributed by atoms with Crippen molar-refractivity contribution >= 4 is 34.2 Å². The van der Waals surface area contributed by atoms with Gasteiger partial charge in [0.1, 0.15) is 5.75 Å². The fraction of sp³-hybridized carbons (Fsp3) is 0.267. The molecule has 1 fully saturated rings. The molecule has 0 saturated carbocycles. The van der Waals surface area contributed by atoms with Crippen LogP contribution in [0.4, 0.5) is 11.4 Å². The van der Waals surface area contributed by atoms with Crippen LogP contribution in [0.2, 0.25) is 0 Å². The normalized spacial score (nSPS) is 13.4. The van der Waals surface area contributed by atoms with Gasteiger partial charge in [-0.15, -0.1) is 0 Å². The summed E-state index contributed by atoms with van der Waals surface area (Å²) in [6.45, 7) is 5.22. The molecule has 3 N–H and O–H groups in total. The van der Waals surface area contributed by atoms with Crippen molar-refractivity contribution in [3.8, 4) is 11.5 Å². The van der Waals surface area contributed by atoms with E-state index >= 15 is 0 Å². The first-order chi connectivity index (χ1) is 18.8. The number of piperazine rings is 1. The van der Waals surface area contributed by atoms with E-state index in [1.54, 1.807) is 0 Å². The van der Waals surface area contributed by atoms with Crippen LogP contribution >= 0.6 is 0 Å². The molecule has 1 aromatic heterocycles. The van der Waals surface area contributed by atoms with Crippen LogP contribution in [0.5, 0.6) is 11.5 Å². The van der Waals surface area contributed by atoms with Gasteiger partial charge in [-0.3, -0.25) is 4.90 Å². The number of fused-ring (bicyclic) bond motifs is 1. The number of hydrogen-bond donors (Lipinski definition) is 3. The Labute approximate surface area is 227 Å². The lowest BCUT2D eigenvalue weighted by atomic mass is 10.1. The van der Waals surface area contributed by atoms with Gasteiger partial charge < -0.3 is 29.7 Å². The van der Waals surface area contributed by atoms with Crippen LogP contribution in [0.3, 0.4) is 0 Å². The number of aliphatic carboxylic acids is 2. The molecule has 1 saturated heterocycles. The number of rotatable bonds is 7. The van der Waals surface area contributed by atoms with E-state index in [0.717, 1.165) is 56.3 Å². The first-order valence-corrected chi connectivity index (χ1v) is 12.8. The molecule has 5 rings (SSSR count). The number of nitrogens with one attached hydrogen (secondary N) is 1. The van der Waals surface area contributed by atoms with E-state index < -0.39 is 11.9 Å². The number of nitrogens with zero attached hydrogens (tertiary/aromatic N) is 3. The summed E-state index contributed by atoms with van der Waals surface area (Å²) in [5, 5.41) is 16.1. The minimum Gasteiger partial charge on any atom is -0.473 e. The van der Waals surface area contributed by atoms with E-state index in [1.807, 2.05) is 32.3 Å². The lowest BCUT2D eigenvalue weighted by Crippen LogP contribution is -2.47. The Balaban J connectivity index is 0.000000531. The first-order valence-electron chi connectivity index (χ1n) is 12.8. The number of aromatic amines is 1. The second kappa shape index (κ2) is 12.8. The molecule has 0 atom stereocenters. The first kappa shape index (κ1) is 27.5. The Morgan fingerprint density at radius 3 is 2.31 bits per heavy atom. The highest BCUT2D eigenvalue weighted by Crippen LogP contribution is 2.34. The Hall–Kier alpha value is -4.50. The molecule has 0 spiro atoms. The number of hydrogen-bond acceptors (Lipinski definition) is 6. The molecule has 0 bridgehead atoms. The van der Waals surface area contributed by atoms with Gasteiger partial charge in [-0.1, -0.05) is 36.4 Å². The SMILES string of the molecule is CN(C)c1cccc(Oc2ccccc2N2CCN(CCc3c[nH]c4ccccc34)CC2)c1.O=C(O)C(=O)O. The maximum absolute atomic E-state index is 9.10. The van der Waals surface area contributed by atoms with E-state index in [-0.39, 0.29) is 0 Å². The smallest absolute Gasteiger partial charge is 0.414 e. The van der Waals surface area contributed by atoms with Gasteiger partial charge in [0.05, 0.1) is 5.69 Å². The Morgan fingerprint density at radius 1 is 0.897 bits per heavy atom. The molecular formula is C30H34N4O5. The van der Waals surface area contributed by atoms with Crippen LogP contribution in [0.1, 0.15) is 5.56 Å². The van der Waals surface area contributed by atoms with E-state index in [1.165, 1.54) is 22.2 Å². The van der Waals surface area contributed by atoms with Crippen LogP contribution < -0.4 is 14.5 Å². The second-order valence-corrected chi connectivity index (χ2v) is 9.51. The summed E-state index contributed by atoms with van der Waals surface area (Å²) in [7, 11) is 4.09. The lowest BCUT2D eigenvalue weighted by Gasteiger charge is -2.36. The number of benzene rings is 3. The third-order valence-electron chi connectivity index (χ3n) is 6.70. The molecule has 1 aliphatic heterocycles. The van der Waals surface area contributed by atoms with Crippen LogP contribution in [-0.2, 0) is 16.0 Å². The van der Waals surface area contributed by atoms with Gasteiger partial charge in [-0.05, 0) is 42.3 Å². The highest BCUT2D eigenvalue weighted by atomic mass is 16.5. The third-order valence-corrected chi connectivity index (χ3v) is 6.70. The summed E-state index contributed by atoms with van der Waals surface area (Å²) in [4.78, 5) is 28.7. The number of H-pyrrole nitrogens is 1. The molecule has 0 unspecified atom stereocenters. The molecule has 3 aromatic carbocycles. The van der Waals surface area contributed by atoms with E-state index in [4.69, 9.17) is 24.5 Å². The maximum atomic E-state index is 9.10. The quantitative estimate of drug-likeness (QED) is 0.299. The highest BCUT2D eigenvalue weighted by Gasteiger charge is 2.20. The maximum Gasteiger partial charge on any atom is 0.414 e. The van der Waals surface area contributed by atoms with Gasteiger partial charge in [-0.2, -0.15) is 0 Å². The Kier molecular flexibility index (Phi) is 9.06. The number of aromatic nitrogens is 1. The predicted molar refractivity (Wildman–Crippen MR) is 153 cm³/mol. The highest BCUT2D eigenvalue weighted by molar-refractivity contribution is 6.27. The van der Waals surface area contributed by atoms with Crippen molar-refractivity contribution in [3.05, 3.63) is 84.6 Å². The zero-order valence-electron chi connectivity index (χ0n) is 22.2. The standard InChI is InChI=1S/C28H32N4O.C2H2O4/c1-30(2)23-8-7-9-24(20-23)33-28-13-6-5-12-27(28)32-18-16-31(17-19-32)15-14-22-21-29-26-11-4-3-10-25(22)26;3-1(4)2(5)6/h3-13,20-21,29H,14-19H2,1-2H3;(H,3,4)(H,5,6). The fourth-order valence-electron chi connectivity index (χ4n) is 4.59. The zero-order valence-corrected chi connectivity index (χ0v) is 22.2. The van der Waals surface area contributed by atoms with Gasteiger partial charge in [0.2, 0.25) is 0 Å². The van der Waals surface area contributed by atoms with Crippen molar-refractivity contribution in [2.75, 3.05) is 56.6 Å². The van der Waals surface area contributed by atoms with Gasteiger partial charge in [-0.25, -0.2) is 9.59 Å². The molecule has 39 heavy (non-hydrogen) atoms. The molecule has 0 aliphatic carbocycles. The Bertz CT molecular complexity index is 1400. The average Bonchev–Trinajstić information content (AvgIpc) is 3.36. The second-order valence-electron chi connectivity index (χ2n) is 9.51. The van der Waals surface area contributed by atoms with Gasteiger partial charge in [0.25, 0.3) is 0 Å². The molecule has 1 aliphatic rings. The number of anilines is 2. The van der Waals surface area contributed by atoms with Crippen molar-refractivity contribution in [1.82, 2.24) is 9.88 Å². The van der Waals surface area contributed by atoms with Crippen LogP contribution in [0.15, 0.2) is 79.0 Å². The largest absolute Gasteiger partial charge is 0.473 e. The van der Waals surface area contributed by atoms with E-state index in [9.17, 15) is 0 Å². The molecule has 204 valence electrons. The monoisotopic (exact) mass is 530 g/mol. The fourth-order valence-corrected chi connectivity index (χ4v) is 4.59. The number of para-hydroxylation sites is 3. The topological polar surface area (TPSA) is 109 Å². The zero-order chi connectivity index (χ0) is 27.8. The van der Waals surface area contributed by atoms with E-state index in [2.05, 4.69) is 80.5 Å². The van der Waals surface area contributed by atoms with Gasteiger partial charge in [0.15, 0.2) is 5.75 Å². The van der Waals surface area contributed by atoms with Crippen LogP contribution in [0.25, 0.3) is 10.9 Å². The predicted octanol–water partition coefficient (Wildman–Crippen LogP) is 4.55. The molecule has 9 heteroatoms. The number of carboxylic acid groups (broad SMARTS) is 2. The molecule has 0 radical (unpaired) electrons. The summed E-state index contributed by atoms with van der Waals surface area (Å²) in [6, 6.07) is 25.2. The van der Waals surface area contributed by atoms with Crippen molar-refractivity contribution in [2.45, 2.75) is 6.42 Å². The van der Waals surface area contributed by atoms with Gasteiger partial charge >= 0.3 is 11.9 Å². The number of carboxylic acids is 2. The van der Waals surface area contributed by atoms with Crippen molar-refractivity contribution in [1.29, 1.82) is 0 Å².